The topological polar surface area (TPSA) is 74.0 Å². The second-order valence-electron chi connectivity index (χ2n) is 5.67. The normalized spacial score (nSPS) is 13.5. The van der Waals surface area contributed by atoms with Gasteiger partial charge in [0.1, 0.15) is 5.69 Å². The monoisotopic (exact) mass is 339 g/mol. The van der Waals surface area contributed by atoms with Crippen LogP contribution in [0.4, 0.5) is 5.69 Å². The van der Waals surface area contributed by atoms with Gasteiger partial charge in [-0.1, -0.05) is 17.7 Å². The molecular formula is C18H14ClN3O2. The highest BCUT2D eigenvalue weighted by atomic mass is 35.5. The highest BCUT2D eigenvalue weighted by Crippen LogP contribution is 2.29. The van der Waals surface area contributed by atoms with Gasteiger partial charge in [0.25, 0.3) is 11.8 Å². The first-order valence-corrected chi connectivity index (χ1v) is 8.00. The number of aromatic nitrogens is 1. The molecule has 0 saturated carbocycles. The molecule has 0 aliphatic carbocycles. The van der Waals surface area contributed by atoms with Crippen molar-refractivity contribution in [2.45, 2.75) is 6.42 Å². The van der Waals surface area contributed by atoms with E-state index in [9.17, 15) is 9.59 Å². The van der Waals surface area contributed by atoms with Crippen molar-refractivity contribution < 1.29 is 9.59 Å². The summed E-state index contributed by atoms with van der Waals surface area (Å²) in [6.45, 7) is 0.502. The number of benzene rings is 2. The Morgan fingerprint density at radius 2 is 1.92 bits per heavy atom. The van der Waals surface area contributed by atoms with E-state index in [1.165, 1.54) is 0 Å². The number of hydrogen-bond donors (Lipinski definition) is 3. The van der Waals surface area contributed by atoms with Gasteiger partial charge in [0.15, 0.2) is 0 Å². The Bertz CT molecular complexity index is 960. The molecule has 2 heterocycles. The number of carbonyl (C=O) groups excluding carboxylic acids is 2. The van der Waals surface area contributed by atoms with E-state index in [4.69, 9.17) is 11.6 Å². The van der Waals surface area contributed by atoms with Crippen LogP contribution in [0.25, 0.3) is 10.9 Å². The van der Waals surface area contributed by atoms with E-state index in [2.05, 4.69) is 15.6 Å². The maximum absolute atomic E-state index is 12.7. The molecule has 0 unspecified atom stereocenters. The minimum absolute atomic E-state index is 0.108. The van der Waals surface area contributed by atoms with Crippen LogP contribution in [0.15, 0.2) is 42.5 Å². The standard InChI is InChI=1S/C18H14ClN3O2/c19-10-4-6-11(7-5-10)21-18(24)16-12-8-9-20-17(23)13-2-1-3-14(22-16)15(12)13/h1-7,22H,8-9H2,(H,20,23)(H,21,24). The van der Waals surface area contributed by atoms with Crippen LogP contribution in [0.1, 0.15) is 26.4 Å². The van der Waals surface area contributed by atoms with Crippen molar-refractivity contribution in [3.05, 3.63) is 64.3 Å². The Kier molecular flexibility index (Phi) is 3.50. The van der Waals surface area contributed by atoms with Crippen molar-refractivity contribution in [3.63, 3.8) is 0 Å². The molecule has 24 heavy (non-hydrogen) atoms. The number of carbonyl (C=O) groups is 2. The molecule has 1 aromatic heterocycles. The molecule has 2 amide bonds. The Morgan fingerprint density at radius 3 is 2.71 bits per heavy atom. The molecule has 1 aliphatic rings. The summed E-state index contributed by atoms with van der Waals surface area (Å²) in [6, 6.07) is 12.4. The Balaban J connectivity index is 1.78. The van der Waals surface area contributed by atoms with Gasteiger partial charge in [0, 0.05) is 33.7 Å². The van der Waals surface area contributed by atoms with Gasteiger partial charge in [0.05, 0.1) is 0 Å². The molecule has 0 spiro atoms. The third kappa shape index (κ3) is 2.43. The molecule has 3 aromatic rings. The fourth-order valence-corrected chi connectivity index (χ4v) is 3.20. The zero-order valence-electron chi connectivity index (χ0n) is 12.7. The predicted octanol–water partition coefficient (Wildman–Crippen LogP) is 3.36. The van der Waals surface area contributed by atoms with Crippen LogP contribution in [0.3, 0.4) is 0 Å². The van der Waals surface area contributed by atoms with Crippen LogP contribution >= 0.6 is 11.6 Å². The summed E-state index contributed by atoms with van der Waals surface area (Å²) in [5.74, 6) is -0.341. The minimum atomic E-state index is -0.233. The lowest BCUT2D eigenvalue weighted by molar-refractivity contribution is 0.0956. The van der Waals surface area contributed by atoms with Crippen LogP contribution in [-0.2, 0) is 6.42 Å². The van der Waals surface area contributed by atoms with E-state index in [1.807, 2.05) is 12.1 Å². The maximum atomic E-state index is 12.7. The molecule has 1 aliphatic heterocycles. The molecule has 0 bridgehead atoms. The summed E-state index contributed by atoms with van der Waals surface area (Å²) < 4.78 is 0. The third-order valence-corrected chi connectivity index (χ3v) is 4.41. The maximum Gasteiger partial charge on any atom is 0.272 e. The minimum Gasteiger partial charge on any atom is -0.352 e. The Labute approximate surface area is 143 Å². The highest BCUT2D eigenvalue weighted by molar-refractivity contribution is 6.30. The van der Waals surface area contributed by atoms with Gasteiger partial charge in [0.2, 0.25) is 0 Å². The van der Waals surface area contributed by atoms with E-state index in [-0.39, 0.29) is 11.8 Å². The summed E-state index contributed by atoms with van der Waals surface area (Å²) >= 11 is 5.87. The fourth-order valence-electron chi connectivity index (χ4n) is 3.07. The number of anilines is 1. The SMILES string of the molecule is O=C(Nc1ccc(Cl)cc1)c1[nH]c2cccc3c2c1CCNC3=O. The van der Waals surface area contributed by atoms with Crippen LogP contribution in [0, 0.1) is 0 Å². The van der Waals surface area contributed by atoms with E-state index in [0.29, 0.717) is 34.9 Å². The van der Waals surface area contributed by atoms with Crippen molar-refractivity contribution in [2.75, 3.05) is 11.9 Å². The third-order valence-electron chi connectivity index (χ3n) is 4.16. The number of amides is 2. The van der Waals surface area contributed by atoms with E-state index < -0.39 is 0 Å². The van der Waals surface area contributed by atoms with Crippen molar-refractivity contribution in [1.29, 1.82) is 0 Å². The van der Waals surface area contributed by atoms with E-state index in [1.54, 1.807) is 30.3 Å². The summed E-state index contributed by atoms with van der Waals surface area (Å²) in [5.41, 5.74) is 3.41. The molecule has 6 heteroatoms. The highest BCUT2D eigenvalue weighted by Gasteiger charge is 2.24. The van der Waals surface area contributed by atoms with Crippen LogP contribution in [-0.4, -0.2) is 23.3 Å². The zero-order chi connectivity index (χ0) is 16.7. The average Bonchev–Trinajstić information content (AvgIpc) is 2.86. The molecule has 120 valence electrons. The van der Waals surface area contributed by atoms with Crippen molar-refractivity contribution in [2.24, 2.45) is 0 Å². The average molecular weight is 340 g/mol. The van der Waals surface area contributed by atoms with Gasteiger partial charge >= 0.3 is 0 Å². The summed E-state index contributed by atoms with van der Waals surface area (Å²) in [5, 5.41) is 7.16. The fraction of sp³-hybridized carbons (Fsp3) is 0.111. The predicted molar refractivity (Wildman–Crippen MR) is 93.7 cm³/mol. The first kappa shape index (κ1) is 14.8. The van der Waals surface area contributed by atoms with Gasteiger partial charge < -0.3 is 15.6 Å². The molecule has 3 N–H and O–H groups in total. The lowest BCUT2D eigenvalue weighted by Gasteiger charge is -2.06. The number of H-pyrrole nitrogens is 1. The molecule has 5 nitrogen and oxygen atoms in total. The first-order chi connectivity index (χ1) is 11.6. The molecule has 0 radical (unpaired) electrons. The Morgan fingerprint density at radius 1 is 1.12 bits per heavy atom. The second kappa shape index (κ2) is 5.69. The van der Waals surface area contributed by atoms with Crippen LogP contribution in [0.5, 0.6) is 0 Å². The van der Waals surface area contributed by atoms with Crippen molar-refractivity contribution >= 4 is 40.0 Å². The molecule has 0 fully saturated rings. The largest absolute Gasteiger partial charge is 0.352 e. The zero-order valence-corrected chi connectivity index (χ0v) is 13.4. The van der Waals surface area contributed by atoms with Gasteiger partial charge in [-0.15, -0.1) is 0 Å². The molecule has 4 rings (SSSR count). The number of nitrogens with one attached hydrogen (secondary N) is 3. The van der Waals surface area contributed by atoms with Gasteiger partial charge in [-0.05, 0) is 48.4 Å². The lowest BCUT2D eigenvalue weighted by Crippen LogP contribution is -2.24. The van der Waals surface area contributed by atoms with Crippen LogP contribution < -0.4 is 10.6 Å². The summed E-state index contributed by atoms with van der Waals surface area (Å²) in [6.07, 6.45) is 0.603. The van der Waals surface area contributed by atoms with Crippen molar-refractivity contribution in [1.82, 2.24) is 10.3 Å². The number of hydrogen-bond acceptors (Lipinski definition) is 2. The number of halogens is 1. The summed E-state index contributed by atoms with van der Waals surface area (Å²) in [7, 11) is 0. The smallest absolute Gasteiger partial charge is 0.272 e. The summed E-state index contributed by atoms with van der Waals surface area (Å²) in [4.78, 5) is 28.0. The van der Waals surface area contributed by atoms with Crippen molar-refractivity contribution in [3.8, 4) is 0 Å². The van der Waals surface area contributed by atoms with Crippen LogP contribution in [0.2, 0.25) is 5.02 Å². The van der Waals surface area contributed by atoms with Gasteiger partial charge in [-0.3, -0.25) is 9.59 Å². The molecule has 2 aromatic carbocycles. The van der Waals surface area contributed by atoms with E-state index >= 15 is 0 Å². The quantitative estimate of drug-likeness (QED) is 0.669. The second-order valence-corrected chi connectivity index (χ2v) is 6.11. The Hall–Kier alpha value is -2.79. The van der Waals surface area contributed by atoms with E-state index in [0.717, 1.165) is 16.5 Å². The number of rotatable bonds is 2. The number of aromatic amines is 1. The molecule has 0 atom stereocenters. The lowest BCUT2D eigenvalue weighted by atomic mass is 10.0. The molecular weight excluding hydrogens is 326 g/mol. The van der Waals surface area contributed by atoms with Gasteiger partial charge in [-0.25, -0.2) is 0 Å². The van der Waals surface area contributed by atoms with Gasteiger partial charge in [-0.2, -0.15) is 0 Å². The molecule has 0 saturated heterocycles. The first-order valence-electron chi connectivity index (χ1n) is 7.62.